The van der Waals surface area contributed by atoms with E-state index in [1.54, 1.807) is 25.7 Å². The first-order valence-corrected chi connectivity index (χ1v) is 6.13. The Kier molecular flexibility index (Phi) is 6.96. The monoisotopic (exact) mass is 235 g/mol. The molecular weight excluding hydrogens is 214 g/mol. The highest BCUT2D eigenvalue weighted by Crippen LogP contribution is 2.18. The summed E-state index contributed by atoms with van der Waals surface area (Å²) in [6, 6.07) is 0. The number of aliphatic hydroxyl groups is 1. The Morgan fingerprint density at radius 1 is 1.67 bits per heavy atom. The first kappa shape index (κ1) is 14.7. The number of hydrogen-bond acceptors (Lipinski definition) is 5. The zero-order chi connectivity index (χ0) is 11.9. The normalized spacial score (nSPS) is 16.9. The van der Waals surface area contributed by atoms with Gasteiger partial charge in [0.1, 0.15) is 5.54 Å². The van der Waals surface area contributed by atoms with Crippen LogP contribution in [0.3, 0.4) is 0 Å². The summed E-state index contributed by atoms with van der Waals surface area (Å²) < 4.78 is 4.99. The first-order valence-electron chi connectivity index (χ1n) is 5.08. The molecule has 0 saturated carbocycles. The van der Waals surface area contributed by atoms with Gasteiger partial charge in [0, 0.05) is 11.0 Å². The number of ether oxygens (including phenoxy) is 1. The molecule has 5 heteroatoms. The van der Waals surface area contributed by atoms with Gasteiger partial charge in [-0.2, -0.15) is 11.8 Å². The number of nitrogens with one attached hydrogen (secondary N) is 1. The van der Waals surface area contributed by atoms with Crippen molar-refractivity contribution in [1.29, 1.82) is 0 Å². The topological polar surface area (TPSA) is 58.6 Å². The van der Waals surface area contributed by atoms with Crippen molar-refractivity contribution >= 4 is 17.7 Å². The summed E-state index contributed by atoms with van der Waals surface area (Å²) in [4.78, 5) is 11.6. The van der Waals surface area contributed by atoms with Crippen LogP contribution in [0.1, 0.15) is 20.8 Å². The van der Waals surface area contributed by atoms with E-state index in [1.165, 1.54) is 0 Å². The highest BCUT2D eigenvalue weighted by molar-refractivity contribution is 8.00. The van der Waals surface area contributed by atoms with Crippen LogP contribution in [0.5, 0.6) is 0 Å². The number of carbonyl (C=O) groups is 1. The maximum absolute atomic E-state index is 11.6. The molecule has 0 heterocycles. The van der Waals surface area contributed by atoms with E-state index in [0.29, 0.717) is 12.4 Å². The molecule has 0 spiro atoms. The van der Waals surface area contributed by atoms with Crippen LogP contribution in [-0.2, 0) is 9.53 Å². The summed E-state index contributed by atoms with van der Waals surface area (Å²) in [6.45, 7) is 6.02. The van der Waals surface area contributed by atoms with E-state index < -0.39 is 5.54 Å². The van der Waals surface area contributed by atoms with E-state index in [1.807, 2.05) is 13.8 Å². The Morgan fingerprint density at radius 2 is 2.27 bits per heavy atom. The summed E-state index contributed by atoms with van der Waals surface area (Å²) in [5, 5.41) is 12.0. The fraction of sp³-hybridized carbons (Fsp3) is 0.900. The molecule has 4 nitrogen and oxygen atoms in total. The second-order valence-corrected chi connectivity index (χ2v) is 5.03. The maximum atomic E-state index is 11.6. The van der Waals surface area contributed by atoms with Gasteiger partial charge in [-0.1, -0.05) is 6.92 Å². The van der Waals surface area contributed by atoms with Crippen molar-refractivity contribution in [2.75, 3.05) is 26.0 Å². The molecule has 90 valence electrons. The Labute approximate surface area is 95.8 Å². The predicted octanol–water partition coefficient (Wildman–Crippen LogP) is 0.642. The summed E-state index contributed by atoms with van der Waals surface area (Å²) in [5.41, 5.74) is -0.676. The average Bonchev–Trinajstić information content (AvgIpc) is 2.25. The Bertz CT molecular complexity index is 201. The number of thioether (sulfide) groups is 1. The lowest BCUT2D eigenvalue weighted by molar-refractivity contribution is -0.149. The summed E-state index contributed by atoms with van der Waals surface area (Å²) in [6.07, 6.45) is 0. The van der Waals surface area contributed by atoms with E-state index in [-0.39, 0.29) is 17.8 Å². The minimum atomic E-state index is -0.676. The lowest BCUT2D eigenvalue weighted by Crippen LogP contribution is -2.51. The zero-order valence-corrected chi connectivity index (χ0v) is 10.7. The van der Waals surface area contributed by atoms with Crippen LogP contribution in [0.15, 0.2) is 0 Å². The molecule has 0 fully saturated rings. The van der Waals surface area contributed by atoms with Crippen molar-refractivity contribution in [3.63, 3.8) is 0 Å². The molecular formula is C10H21NO3S. The van der Waals surface area contributed by atoms with Crippen LogP contribution in [-0.4, -0.2) is 47.9 Å². The van der Waals surface area contributed by atoms with Crippen molar-refractivity contribution in [3.8, 4) is 0 Å². The molecule has 2 N–H and O–H groups in total. The van der Waals surface area contributed by atoms with Gasteiger partial charge in [0.15, 0.2) is 0 Å². The van der Waals surface area contributed by atoms with Gasteiger partial charge in [-0.15, -0.1) is 0 Å². The van der Waals surface area contributed by atoms with Crippen molar-refractivity contribution in [3.05, 3.63) is 0 Å². The van der Waals surface area contributed by atoms with Crippen molar-refractivity contribution in [1.82, 2.24) is 5.32 Å². The van der Waals surface area contributed by atoms with Gasteiger partial charge in [0.05, 0.1) is 13.2 Å². The molecule has 0 aromatic heterocycles. The summed E-state index contributed by atoms with van der Waals surface area (Å²) in [7, 11) is 1.74. The standard InChI is InChI=1S/C10H21NO3S/c1-5-14-9(13)10(3,11-4)7-15-8(2)6-12/h8,11-12H,5-7H2,1-4H3. The number of hydrogen-bond donors (Lipinski definition) is 2. The molecule has 0 aromatic carbocycles. The number of carbonyl (C=O) groups excluding carboxylic acids is 1. The van der Waals surface area contributed by atoms with Crippen LogP contribution in [0.25, 0.3) is 0 Å². The maximum Gasteiger partial charge on any atom is 0.326 e. The van der Waals surface area contributed by atoms with E-state index in [0.717, 1.165) is 0 Å². The van der Waals surface area contributed by atoms with Gasteiger partial charge < -0.3 is 15.2 Å². The summed E-state index contributed by atoms with van der Waals surface area (Å²) >= 11 is 1.55. The molecule has 0 amide bonds. The third-order valence-corrected chi connectivity index (χ3v) is 3.65. The van der Waals surface area contributed by atoms with Gasteiger partial charge in [-0.3, -0.25) is 4.79 Å². The molecule has 0 bridgehead atoms. The number of rotatable bonds is 7. The highest BCUT2D eigenvalue weighted by atomic mass is 32.2. The van der Waals surface area contributed by atoms with Crippen LogP contribution < -0.4 is 5.32 Å². The quantitative estimate of drug-likeness (QED) is 0.634. The van der Waals surface area contributed by atoms with Gasteiger partial charge >= 0.3 is 5.97 Å². The van der Waals surface area contributed by atoms with Crippen molar-refractivity contribution in [2.45, 2.75) is 31.6 Å². The lowest BCUT2D eigenvalue weighted by atomic mass is 10.1. The molecule has 0 saturated heterocycles. The Morgan fingerprint density at radius 3 is 2.67 bits per heavy atom. The summed E-state index contributed by atoms with van der Waals surface area (Å²) in [5.74, 6) is 0.342. The van der Waals surface area contributed by atoms with Crippen LogP contribution in [0, 0.1) is 0 Å². The molecule has 0 radical (unpaired) electrons. The highest BCUT2D eigenvalue weighted by Gasteiger charge is 2.33. The fourth-order valence-corrected chi connectivity index (χ4v) is 1.87. The number of likely N-dealkylation sites (N-methyl/N-ethyl adjacent to an activating group) is 1. The second kappa shape index (κ2) is 7.09. The molecule has 0 aliphatic carbocycles. The number of aliphatic hydroxyl groups excluding tert-OH is 1. The van der Waals surface area contributed by atoms with Crippen LogP contribution in [0.4, 0.5) is 0 Å². The molecule has 2 unspecified atom stereocenters. The van der Waals surface area contributed by atoms with Crippen LogP contribution in [0.2, 0.25) is 0 Å². The van der Waals surface area contributed by atoms with Gasteiger partial charge in [0.25, 0.3) is 0 Å². The Balaban J connectivity index is 4.23. The van der Waals surface area contributed by atoms with E-state index >= 15 is 0 Å². The number of esters is 1. The zero-order valence-electron chi connectivity index (χ0n) is 9.87. The van der Waals surface area contributed by atoms with E-state index in [2.05, 4.69) is 5.32 Å². The largest absolute Gasteiger partial charge is 0.465 e. The average molecular weight is 235 g/mol. The van der Waals surface area contributed by atoms with Gasteiger partial charge in [-0.25, -0.2) is 0 Å². The van der Waals surface area contributed by atoms with E-state index in [9.17, 15) is 4.79 Å². The molecule has 2 atom stereocenters. The lowest BCUT2D eigenvalue weighted by Gasteiger charge is -2.27. The van der Waals surface area contributed by atoms with Crippen molar-refractivity contribution < 1.29 is 14.6 Å². The minimum absolute atomic E-state index is 0.118. The molecule has 0 aliphatic heterocycles. The minimum Gasteiger partial charge on any atom is -0.465 e. The first-order chi connectivity index (χ1) is 7.00. The third-order valence-electron chi connectivity index (χ3n) is 2.19. The van der Waals surface area contributed by atoms with E-state index in [4.69, 9.17) is 9.84 Å². The van der Waals surface area contributed by atoms with Gasteiger partial charge in [-0.05, 0) is 20.9 Å². The Hall–Kier alpha value is -0.260. The SMILES string of the molecule is CCOC(=O)C(C)(CSC(C)CO)NC. The van der Waals surface area contributed by atoms with Crippen molar-refractivity contribution in [2.24, 2.45) is 0 Å². The molecule has 0 aliphatic rings. The third kappa shape index (κ3) is 4.86. The predicted molar refractivity (Wildman–Crippen MR) is 63.1 cm³/mol. The smallest absolute Gasteiger partial charge is 0.326 e. The fourth-order valence-electron chi connectivity index (χ4n) is 0.885. The molecule has 0 aromatic rings. The van der Waals surface area contributed by atoms with Gasteiger partial charge in [0.2, 0.25) is 0 Å². The van der Waals surface area contributed by atoms with Crippen LogP contribution >= 0.6 is 11.8 Å². The molecule has 15 heavy (non-hydrogen) atoms. The second-order valence-electron chi connectivity index (χ2n) is 3.61. The molecule has 0 rings (SSSR count).